The van der Waals surface area contributed by atoms with E-state index in [-0.39, 0.29) is 18.8 Å². The molecule has 30 heavy (non-hydrogen) atoms. The van der Waals surface area contributed by atoms with Crippen molar-refractivity contribution in [2.24, 2.45) is 0 Å². The molecular weight excluding hydrogens is 386 g/mol. The van der Waals surface area contributed by atoms with E-state index in [1.54, 1.807) is 25.0 Å². The zero-order chi connectivity index (χ0) is 21.7. The van der Waals surface area contributed by atoms with Crippen molar-refractivity contribution in [1.82, 2.24) is 4.57 Å². The van der Waals surface area contributed by atoms with E-state index >= 15 is 0 Å². The third kappa shape index (κ3) is 4.18. The number of benzene rings is 2. The van der Waals surface area contributed by atoms with Crippen LogP contribution in [0.3, 0.4) is 0 Å². The van der Waals surface area contributed by atoms with Gasteiger partial charge in [-0.15, -0.1) is 0 Å². The van der Waals surface area contributed by atoms with Gasteiger partial charge in [-0.2, -0.15) is 0 Å². The zero-order valence-corrected chi connectivity index (χ0v) is 17.5. The standard InChI is InChI=1S/C23H27NO6/c1-4-30-21-10-16-9-17(13-25)19(14-26)23(18(16)12-20(21)29-3)15-5-6-24(7-8-28-2)22(27)11-15/h5-6,9-12,25-26H,4,7-8,13-14H2,1-3H3. The van der Waals surface area contributed by atoms with Crippen LogP contribution in [0.25, 0.3) is 21.9 Å². The minimum absolute atomic E-state index is 0.172. The Kier molecular flexibility index (Phi) is 7.10. The van der Waals surface area contributed by atoms with Gasteiger partial charge in [-0.3, -0.25) is 4.79 Å². The van der Waals surface area contributed by atoms with Gasteiger partial charge in [0.1, 0.15) is 0 Å². The van der Waals surface area contributed by atoms with Crippen molar-refractivity contribution in [3.05, 3.63) is 58.0 Å². The van der Waals surface area contributed by atoms with E-state index in [9.17, 15) is 15.0 Å². The smallest absolute Gasteiger partial charge is 0.251 e. The molecule has 0 saturated carbocycles. The van der Waals surface area contributed by atoms with Crippen LogP contribution in [0.4, 0.5) is 0 Å². The number of ether oxygens (including phenoxy) is 3. The molecule has 0 aliphatic heterocycles. The SMILES string of the molecule is CCOc1cc2cc(CO)c(CO)c(-c3ccn(CCOC)c(=O)c3)c2cc1OC. The average molecular weight is 413 g/mol. The molecule has 0 aliphatic rings. The Balaban J connectivity index is 2.30. The highest BCUT2D eigenvalue weighted by Gasteiger charge is 2.18. The summed E-state index contributed by atoms with van der Waals surface area (Å²) in [6.45, 7) is 2.74. The molecule has 160 valence electrons. The fraction of sp³-hybridized carbons (Fsp3) is 0.348. The minimum atomic E-state index is -0.274. The first-order valence-electron chi connectivity index (χ1n) is 9.78. The van der Waals surface area contributed by atoms with Gasteiger partial charge in [-0.05, 0) is 64.2 Å². The topological polar surface area (TPSA) is 90.1 Å². The second-order valence-electron chi connectivity index (χ2n) is 6.80. The van der Waals surface area contributed by atoms with Gasteiger partial charge in [0.25, 0.3) is 5.56 Å². The molecule has 0 amide bonds. The Bertz CT molecular complexity index is 1090. The van der Waals surface area contributed by atoms with Crippen molar-refractivity contribution in [3.8, 4) is 22.6 Å². The van der Waals surface area contributed by atoms with Crippen LogP contribution in [0.1, 0.15) is 18.1 Å². The number of nitrogens with zero attached hydrogens (tertiary/aromatic N) is 1. The first-order valence-corrected chi connectivity index (χ1v) is 9.78. The fourth-order valence-corrected chi connectivity index (χ4v) is 3.63. The van der Waals surface area contributed by atoms with Crippen LogP contribution in [0.15, 0.2) is 41.3 Å². The molecule has 0 unspecified atom stereocenters. The van der Waals surface area contributed by atoms with Crippen molar-refractivity contribution in [2.45, 2.75) is 26.7 Å². The molecule has 0 radical (unpaired) electrons. The predicted octanol–water partition coefficient (Wildman–Crippen LogP) is 2.71. The van der Waals surface area contributed by atoms with Gasteiger partial charge in [-0.25, -0.2) is 0 Å². The summed E-state index contributed by atoms with van der Waals surface area (Å²) in [7, 11) is 3.15. The molecule has 0 atom stereocenters. The molecule has 3 rings (SSSR count). The highest BCUT2D eigenvalue weighted by atomic mass is 16.5. The molecule has 7 nitrogen and oxygen atoms in total. The van der Waals surface area contributed by atoms with Crippen LogP contribution in [0.5, 0.6) is 11.5 Å². The molecule has 1 heterocycles. The number of hydrogen-bond acceptors (Lipinski definition) is 6. The van der Waals surface area contributed by atoms with Gasteiger partial charge < -0.3 is 29.0 Å². The highest BCUT2D eigenvalue weighted by Crippen LogP contribution is 2.40. The van der Waals surface area contributed by atoms with E-state index in [1.807, 2.05) is 31.2 Å². The van der Waals surface area contributed by atoms with Crippen LogP contribution in [-0.4, -0.2) is 42.2 Å². The van der Waals surface area contributed by atoms with Crippen LogP contribution >= 0.6 is 0 Å². The molecule has 7 heteroatoms. The van der Waals surface area contributed by atoms with E-state index in [0.717, 1.165) is 10.8 Å². The molecular formula is C23H27NO6. The number of methoxy groups -OCH3 is 2. The van der Waals surface area contributed by atoms with Gasteiger partial charge in [0.15, 0.2) is 11.5 Å². The van der Waals surface area contributed by atoms with Crippen LogP contribution in [0, 0.1) is 0 Å². The van der Waals surface area contributed by atoms with E-state index in [4.69, 9.17) is 14.2 Å². The number of aliphatic hydroxyl groups is 2. The van der Waals surface area contributed by atoms with Crippen LogP contribution in [-0.2, 0) is 24.5 Å². The summed E-state index contributed by atoms with van der Waals surface area (Å²) in [4.78, 5) is 12.6. The van der Waals surface area contributed by atoms with Gasteiger partial charge in [0, 0.05) is 25.9 Å². The van der Waals surface area contributed by atoms with Gasteiger partial charge in [0.2, 0.25) is 0 Å². The largest absolute Gasteiger partial charge is 0.493 e. The lowest BCUT2D eigenvalue weighted by Gasteiger charge is -2.19. The molecule has 0 spiro atoms. The summed E-state index contributed by atoms with van der Waals surface area (Å²) in [6, 6.07) is 8.88. The van der Waals surface area contributed by atoms with Crippen molar-refractivity contribution >= 4 is 10.8 Å². The minimum Gasteiger partial charge on any atom is -0.493 e. The summed E-state index contributed by atoms with van der Waals surface area (Å²) < 4.78 is 17.8. The second-order valence-corrected chi connectivity index (χ2v) is 6.80. The number of aromatic nitrogens is 1. The number of pyridine rings is 1. The lowest BCUT2D eigenvalue weighted by molar-refractivity contribution is 0.186. The van der Waals surface area contributed by atoms with E-state index in [0.29, 0.717) is 53.5 Å². The Morgan fingerprint density at radius 1 is 1.03 bits per heavy atom. The highest BCUT2D eigenvalue weighted by molar-refractivity contribution is 6.00. The van der Waals surface area contributed by atoms with E-state index in [2.05, 4.69) is 0 Å². The molecule has 2 N–H and O–H groups in total. The Morgan fingerprint density at radius 3 is 2.43 bits per heavy atom. The number of aliphatic hydroxyl groups excluding tert-OH is 2. The molecule has 0 aliphatic carbocycles. The summed E-state index contributed by atoms with van der Waals surface area (Å²) in [5, 5.41) is 21.6. The maximum absolute atomic E-state index is 12.6. The third-order valence-electron chi connectivity index (χ3n) is 5.07. The third-order valence-corrected chi connectivity index (χ3v) is 5.07. The summed E-state index contributed by atoms with van der Waals surface area (Å²) in [6.07, 6.45) is 1.71. The van der Waals surface area contributed by atoms with Crippen molar-refractivity contribution in [2.75, 3.05) is 27.4 Å². The average Bonchev–Trinajstić information content (AvgIpc) is 2.76. The van der Waals surface area contributed by atoms with Gasteiger partial charge in [0.05, 0.1) is 33.5 Å². The van der Waals surface area contributed by atoms with Gasteiger partial charge in [-0.1, -0.05) is 0 Å². The zero-order valence-electron chi connectivity index (χ0n) is 17.5. The summed E-state index contributed by atoms with van der Waals surface area (Å²) in [5.74, 6) is 1.15. The summed E-state index contributed by atoms with van der Waals surface area (Å²) in [5.41, 5.74) is 2.34. The quantitative estimate of drug-likeness (QED) is 0.561. The van der Waals surface area contributed by atoms with E-state index in [1.165, 1.54) is 6.07 Å². The number of hydrogen-bond donors (Lipinski definition) is 2. The lowest BCUT2D eigenvalue weighted by Crippen LogP contribution is -2.20. The maximum atomic E-state index is 12.6. The molecule has 3 aromatic rings. The molecule has 1 aromatic heterocycles. The first kappa shape index (κ1) is 21.8. The van der Waals surface area contributed by atoms with Crippen molar-refractivity contribution in [1.29, 1.82) is 0 Å². The molecule has 2 aromatic carbocycles. The Morgan fingerprint density at radius 2 is 1.83 bits per heavy atom. The Hall–Kier alpha value is -2.87. The normalized spacial score (nSPS) is 11.1. The molecule has 0 fully saturated rings. The predicted molar refractivity (Wildman–Crippen MR) is 115 cm³/mol. The number of rotatable bonds is 9. The van der Waals surface area contributed by atoms with Crippen LogP contribution < -0.4 is 15.0 Å². The van der Waals surface area contributed by atoms with Crippen molar-refractivity contribution in [3.63, 3.8) is 0 Å². The van der Waals surface area contributed by atoms with Gasteiger partial charge >= 0.3 is 0 Å². The summed E-state index contributed by atoms with van der Waals surface area (Å²) >= 11 is 0. The fourth-order valence-electron chi connectivity index (χ4n) is 3.63. The number of fused-ring (bicyclic) bond motifs is 1. The molecule has 0 bridgehead atoms. The molecule has 0 saturated heterocycles. The monoisotopic (exact) mass is 413 g/mol. The maximum Gasteiger partial charge on any atom is 0.251 e. The second kappa shape index (κ2) is 9.75. The van der Waals surface area contributed by atoms with Crippen molar-refractivity contribution < 1.29 is 24.4 Å². The lowest BCUT2D eigenvalue weighted by atomic mass is 9.90. The van der Waals surface area contributed by atoms with E-state index < -0.39 is 0 Å². The Labute approximate surface area is 175 Å². The first-order chi connectivity index (χ1) is 14.6. The van der Waals surface area contributed by atoms with Crippen LogP contribution in [0.2, 0.25) is 0 Å².